The zero-order valence-corrected chi connectivity index (χ0v) is 12.2. The van der Waals surface area contributed by atoms with Gasteiger partial charge in [-0.05, 0) is 43.4 Å². The topological polar surface area (TPSA) is 35.2 Å². The summed E-state index contributed by atoms with van der Waals surface area (Å²) in [6.07, 6.45) is 7.55. The van der Waals surface area contributed by atoms with Gasteiger partial charge in [-0.15, -0.1) is 0 Å². The van der Waals surface area contributed by atoms with Crippen LogP contribution in [0.4, 0.5) is 0 Å². The maximum Gasteiger partial charge on any atom is 0.0465 e. The molecule has 0 radical (unpaired) electrons. The molecule has 0 heterocycles. The van der Waals surface area contributed by atoms with Gasteiger partial charge in [0, 0.05) is 19.3 Å². The molecule has 1 rings (SSSR count). The fourth-order valence-electron chi connectivity index (χ4n) is 3.36. The summed E-state index contributed by atoms with van der Waals surface area (Å²) in [6, 6.07) is 0. The number of rotatable bonds is 6. The zero-order valence-electron chi connectivity index (χ0n) is 12.2. The molecule has 3 atom stereocenters. The van der Waals surface area contributed by atoms with Crippen LogP contribution in [0.15, 0.2) is 0 Å². The molecular formula is C15H31NO. The van der Waals surface area contributed by atoms with Gasteiger partial charge in [-0.2, -0.15) is 0 Å². The molecule has 0 aromatic heterocycles. The van der Waals surface area contributed by atoms with Gasteiger partial charge in [-0.3, -0.25) is 0 Å². The monoisotopic (exact) mass is 241 g/mol. The van der Waals surface area contributed by atoms with E-state index < -0.39 is 0 Å². The van der Waals surface area contributed by atoms with Crippen LogP contribution in [0.3, 0.4) is 0 Å². The van der Waals surface area contributed by atoms with Crippen molar-refractivity contribution in [3.05, 3.63) is 0 Å². The van der Waals surface area contributed by atoms with Crippen LogP contribution in [0.1, 0.15) is 59.3 Å². The smallest absolute Gasteiger partial charge is 0.0465 e. The molecule has 17 heavy (non-hydrogen) atoms. The van der Waals surface area contributed by atoms with Crippen molar-refractivity contribution in [3.63, 3.8) is 0 Å². The van der Waals surface area contributed by atoms with Gasteiger partial charge < -0.3 is 10.5 Å². The highest BCUT2D eigenvalue weighted by molar-refractivity contribution is 4.94. The predicted octanol–water partition coefficient (Wildman–Crippen LogP) is 3.59. The van der Waals surface area contributed by atoms with Crippen molar-refractivity contribution in [1.82, 2.24) is 0 Å². The highest BCUT2D eigenvalue weighted by atomic mass is 16.5. The summed E-state index contributed by atoms with van der Waals surface area (Å²) in [4.78, 5) is 0. The van der Waals surface area contributed by atoms with Crippen LogP contribution in [0.5, 0.6) is 0 Å². The second-order valence-electron chi connectivity index (χ2n) is 6.51. The van der Waals surface area contributed by atoms with E-state index in [1.807, 2.05) is 0 Å². The highest BCUT2D eigenvalue weighted by Gasteiger charge is 2.36. The lowest BCUT2D eigenvalue weighted by Gasteiger charge is -2.43. The normalized spacial score (nSPS) is 31.8. The Morgan fingerprint density at radius 3 is 2.65 bits per heavy atom. The van der Waals surface area contributed by atoms with Crippen LogP contribution < -0.4 is 5.73 Å². The maximum atomic E-state index is 6.65. The Balaban J connectivity index is 2.50. The number of hydrogen-bond donors (Lipinski definition) is 1. The van der Waals surface area contributed by atoms with Crippen molar-refractivity contribution < 1.29 is 4.74 Å². The molecule has 0 aliphatic heterocycles. The Kier molecular flexibility index (Phi) is 5.94. The Labute approximate surface area is 107 Å². The Morgan fingerprint density at radius 2 is 2.06 bits per heavy atom. The standard InChI is InChI=1S/C15H31NO/c1-12(2)10-14-6-5-8-15(16,11-14)13(3)7-9-17-4/h12-14H,5-11,16H2,1-4H3. The molecule has 1 aliphatic carbocycles. The summed E-state index contributed by atoms with van der Waals surface area (Å²) < 4.78 is 5.18. The fourth-order valence-corrected chi connectivity index (χ4v) is 3.36. The van der Waals surface area contributed by atoms with E-state index in [-0.39, 0.29) is 5.54 Å². The van der Waals surface area contributed by atoms with Gasteiger partial charge in [0.05, 0.1) is 0 Å². The number of methoxy groups -OCH3 is 1. The van der Waals surface area contributed by atoms with E-state index >= 15 is 0 Å². The molecule has 0 spiro atoms. The Morgan fingerprint density at radius 1 is 1.35 bits per heavy atom. The first-order valence-electron chi connectivity index (χ1n) is 7.25. The average molecular weight is 241 g/mol. The lowest BCUT2D eigenvalue weighted by molar-refractivity contribution is 0.111. The zero-order chi connectivity index (χ0) is 12.9. The minimum absolute atomic E-state index is 0.0658. The molecule has 0 saturated heterocycles. The second-order valence-corrected chi connectivity index (χ2v) is 6.51. The summed E-state index contributed by atoms with van der Waals surface area (Å²) in [5, 5.41) is 0. The fraction of sp³-hybridized carbons (Fsp3) is 1.00. The van der Waals surface area contributed by atoms with Gasteiger partial charge in [-0.25, -0.2) is 0 Å². The highest BCUT2D eigenvalue weighted by Crippen LogP contribution is 2.39. The molecule has 1 fully saturated rings. The van der Waals surface area contributed by atoms with Crippen molar-refractivity contribution in [1.29, 1.82) is 0 Å². The summed E-state index contributed by atoms with van der Waals surface area (Å²) in [5.41, 5.74) is 6.72. The van der Waals surface area contributed by atoms with Crippen molar-refractivity contribution in [2.45, 2.75) is 64.8 Å². The molecule has 2 nitrogen and oxygen atoms in total. The molecule has 2 heteroatoms. The first-order chi connectivity index (χ1) is 7.98. The van der Waals surface area contributed by atoms with E-state index in [9.17, 15) is 0 Å². The lowest BCUT2D eigenvalue weighted by atomic mass is 9.67. The molecule has 0 aromatic carbocycles. The Bertz CT molecular complexity index is 217. The van der Waals surface area contributed by atoms with Crippen molar-refractivity contribution in [2.75, 3.05) is 13.7 Å². The average Bonchev–Trinajstić information content (AvgIpc) is 2.25. The Hall–Kier alpha value is -0.0800. The van der Waals surface area contributed by atoms with Crippen LogP contribution in [-0.2, 0) is 4.74 Å². The number of hydrogen-bond acceptors (Lipinski definition) is 2. The third-order valence-corrected chi connectivity index (χ3v) is 4.46. The summed E-state index contributed by atoms with van der Waals surface area (Å²) in [6.45, 7) is 7.79. The second kappa shape index (κ2) is 6.75. The summed E-state index contributed by atoms with van der Waals surface area (Å²) in [7, 11) is 1.78. The lowest BCUT2D eigenvalue weighted by Crippen LogP contribution is -2.50. The van der Waals surface area contributed by atoms with Crippen LogP contribution >= 0.6 is 0 Å². The first-order valence-corrected chi connectivity index (χ1v) is 7.25. The molecular weight excluding hydrogens is 210 g/mol. The van der Waals surface area contributed by atoms with Gasteiger partial charge >= 0.3 is 0 Å². The SMILES string of the molecule is COCCC(C)C1(N)CCCC(CC(C)C)C1. The van der Waals surface area contributed by atoms with Crippen LogP contribution in [0.25, 0.3) is 0 Å². The predicted molar refractivity (Wildman–Crippen MR) is 74.0 cm³/mol. The molecule has 3 unspecified atom stereocenters. The van der Waals surface area contributed by atoms with Crippen molar-refractivity contribution >= 4 is 0 Å². The van der Waals surface area contributed by atoms with E-state index in [1.54, 1.807) is 7.11 Å². The largest absolute Gasteiger partial charge is 0.385 e. The van der Waals surface area contributed by atoms with E-state index in [2.05, 4.69) is 20.8 Å². The van der Waals surface area contributed by atoms with Crippen LogP contribution in [0.2, 0.25) is 0 Å². The van der Waals surface area contributed by atoms with Gasteiger partial charge in [-0.1, -0.05) is 33.6 Å². The minimum Gasteiger partial charge on any atom is -0.385 e. The summed E-state index contributed by atoms with van der Waals surface area (Å²) in [5.74, 6) is 2.23. The van der Waals surface area contributed by atoms with Crippen LogP contribution in [0, 0.1) is 17.8 Å². The molecule has 1 saturated carbocycles. The molecule has 102 valence electrons. The van der Waals surface area contributed by atoms with Crippen molar-refractivity contribution in [2.24, 2.45) is 23.5 Å². The third-order valence-electron chi connectivity index (χ3n) is 4.46. The van der Waals surface area contributed by atoms with E-state index in [0.29, 0.717) is 5.92 Å². The number of ether oxygens (including phenoxy) is 1. The van der Waals surface area contributed by atoms with Crippen molar-refractivity contribution in [3.8, 4) is 0 Å². The summed E-state index contributed by atoms with van der Waals surface area (Å²) >= 11 is 0. The minimum atomic E-state index is 0.0658. The van der Waals surface area contributed by atoms with E-state index in [0.717, 1.165) is 24.9 Å². The molecule has 0 amide bonds. The maximum absolute atomic E-state index is 6.65. The van der Waals surface area contributed by atoms with Gasteiger partial charge in [0.15, 0.2) is 0 Å². The molecule has 1 aliphatic rings. The molecule has 0 aromatic rings. The van der Waals surface area contributed by atoms with Gasteiger partial charge in [0.25, 0.3) is 0 Å². The molecule has 2 N–H and O–H groups in total. The molecule has 0 bridgehead atoms. The van der Waals surface area contributed by atoms with E-state index in [4.69, 9.17) is 10.5 Å². The quantitative estimate of drug-likeness (QED) is 0.771. The van der Waals surface area contributed by atoms with E-state index in [1.165, 1.54) is 32.1 Å². The van der Waals surface area contributed by atoms with Gasteiger partial charge in [0.1, 0.15) is 0 Å². The van der Waals surface area contributed by atoms with Gasteiger partial charge in [0.2, 0.25) is 0 Å². The third kappa shape index (κ3) is 4.59. The van der Waals surface area contributed by atoms with Crippen LogP contribution in [-0.4, -0.2) is 19.3 Å². The first kappa shape index (κ1) is 15.0. The number of nitrogens with two attached hydrogens (primary N) is 1.